The summed E-state index contributed by atoms with van der Waals surface area (Å²) in [5.41, 5.74) is 0.774. The Balaban J connectivity index is 0.000000774. The van der Waals surface area contributed by atoms with Crippen LogP contribution in [0.4, 0.5) is 0 Å². The molecule has 3 aromatic carbocycles. The van der Waals surface area contributed by atoms with E-state index < -0.39 is 0 Å². The third-order valence-electron chi connectivity index (χ3n) is 3.34. The van der Waals surface area contributed by atoms with E-state index in [1.807, 2.05) is 69.3 Å². The van der Waals surface area contributed by atoms with Crippen molar-refractivity contribution < 1.29 is 4.79 Å². The Morgan fingerprint density at radius 1 is 0.905 bits per heavy atom. The first-order valence-electron chi connectivity index (χ1n) is 7.50. The number of carbonyl (C=O) groups is 1. The van der Waals surface area contributed by atoms with Gasteiger partial charge in [0.05, 0.1) is 5.56 Å². The minimum atomic E-state index is -0.00417. The highest BCUT2D eigenvalue weighted by Gasteiger charge is 2.13. The molecular weight excluding hydrogens is 258 g/mol. The Bertz CT molecular complexity index is 708. The zero-order valence-corrected chi connectivity index (χ0v) is 12.8. The van der Waals surface area contributed by atoms with Crippen LogP contribution in [0, 0.1) is 0 Å². The van der Waals surface area contributed by atoms with Crippen LogP contribution in [0.25, 0.3) is 21.5 Å². The molecule has 2 heteroatoms. The Kier molecular flexibility index (Phi) is 4.94. The summed E-state index contributed by atoms with van der Waals surface area (Å²) < 4.78 is 0. The molecule has 108 valence electrons. The number of fused-ring (bicyclic) bond motifs is 2. The van der Waals surface area contributed by atoms with Crippen molar-refractivity contribution in [2.24, 2.45) is 0 Å². The van der Waals surface area contributed by atoms with Gasteiger partial charge in [0.25, 0.3) is 5.91 Å². The molecular formula is C19H21NO. The van der Waals surface area contributed by atoms with Gasteiger partial charge in [0.2, 0.25) is 0 Å². The molecule has 3 aromatic rings. The maximum absolute atomic E-state index is 12.4. The fourth-order valence-electron chi connectivity index (χ4n) is 2.51. The summed E-state index contributed by atoms with van der Waals surface area (Å²) >= 11 is 0. The van der Waals surface area contributed by atoms with E-state index in [1.165, 1.54) is 0 Å². The van der Waals surface area contributed by atoms with E-state index in [0.29, 0.717) is 6.54 Å². The minimum absolute atomic E-state index is 0.00417. The lowest BCUT2D eigenvalue weighted by Gasteiger charge is -2.11. The van der Waals surface area contributed by atoms with Gasteiger partial charge in [-0.3, -0.25) is 4.79 Å². The van der Waals surface area contributed by atoms with Crippen LogP contribution in [0.3, 0.4) is 0 Å². The highest BCUT2D eigenvalue weighted by atomic mass is 16.1. The van der Waals surface area contributed by atoms with E-state index in [1.54, 1.807) is 0 Å². The van der Waals surface area contributed by atoms with Gasteiger partial charge in [-0.1, -0.05) is 62.4 Å². The van der Waals surface area contributed by atoms with E-state index in [4.69, 9.17) is 0 Å². The molecule has 1 amide bonds. The van der Waals surface area contributed by atoms with Gasteiger partial charge in [-0.15, -0.1) is 0 Å². The van der Waals surface area contributed by atoms with Crippen LogP contribution in [0.15, 0.2) is 54.6 Å². The van der Waals surface area contributed by atoms with Crippen LogP contribution < -0.4 is 5.32 Å². The van der Waals surface area contributed by atoms with Crippen molar-refractivity contribution in [2.45, 2.75) is 20.8 Å². The lowest BCUT2D eigenvalue weighted by atomic mass is 9.96. The van der Waals surface area contributed by atoms with Crippen LogP contribution in [0.2, 0.25) is 0 Å². The number of hydrogen-bond donors (Lipinski definition) is 1. The average molecular weight is 279 g/mol. The van der Waals surface area contributed by atoms with Gasteiger partial charge in [0, 0.05) is 6.54 Å². The van der Waals surface area contributed by atoms with Gasteiger partial charge in [-0.05, 0) is 34.5 Å². The van der Waals surface area contributed by atoms with E-state index in [0.717, 1.165) is 27.1 Å². The van der Waals surface area contributed by atoms with Gasteiger partial charge in [-0.2, -0.15) is 0 Å². The minimum Gasteiger partial charge on any atom is -0.352 e. The van der Waals surface area contributed by atoms with Crippen molar-refractivity contribution in [2.75, 3.05) is 6.54 Å². The normalized spacial score (nSPS) is 10.0. The quantitative estimate of drug-likeness (QED) is 0.673. The van der Waals surface area contributed by atoms with E-state index in [2.05, 4.69) is 11.4 Å². The lowest BCUT2D eigenvalue weighted by Crippen LogP contribution is -2.23. The summed E-state index contributed by atoms with van der Waals surface area (Å²) in [5.74, 6) is -0.00417. The SMILES string of the molecule is CC.CCNC(=O)c1c2ccccc2cc2ccccc12. The molecule has 0 aliphatic carbocycles. The second kappa shape index (κ2) is 6.89. The zero-order chi connectivity index (χ0) is 15.2. The number of benzene rings is 3. The van der Waals surface area contributed by atoms with Crippen LogP contribution in [-0.2, 0) is 0 Å². The maximum atomic E-state index is 12.4. The Morgan fingerprint density at radius 3 is 1.86 bits per heavy atom. The molecule has 0 saturated carbocycles. The topological polar surface area (TPSA) is 29.1 Å². The van der Waals surface area contributed by atoms with Crippen molar-refractivity contribution in [3.63, 3.8) is 0 Å². The standard InChI is InChI=1S/C17H15NO.C2H6/c1-2-18-17(19)16-14-9-5-3-7-12(14)11-13-8-4-6-10-15(13)16;1-2/h3-11H,2H2,1H3,(H,18,19);1-2H3. The highest BCUT2D eigenvalue weighted by Crippen LogP contribution is 2.28. The molecule has 0 unspecified atom stereocenters. The van der Waals surface area contributed by atoms with Crippen molar-refractivity contribution in [1.29, 1.82) is 0 Å². The Morgan fingerprint density at radius 2 is 1.38 bits per heavy atom. The third kappa shape index (κ3) is 2.89. The van der Waals surface area contributed by atoms with Crippen LogP contribution >= 0.6 is 0 Å². The van der Waals surface area contributed by atoms with E-state index in [-0.39, 0.29) is 5.91 Å². The van der Waals surface area contributed by atoms with Gasteiger partial charge in [0.15, 0.2) is 0 Å². The molecule has 1 N–H and O–H groups in total. The molecule has 0 atom stereocenters. The first-order valence-corrected chi connectivity index (χ1v) is 7.50. The molecule has 0 radical (unpaired) electrons. The molecule has 21 heavy (non-hydrogen) atoms. The molecule has 0 bridgehead atoms. The summed E-state index contributed by atoms with van der Waals surface area (Å²) in [4.78, 5) is 12.4. The summed E-state index contributed by atoms with van der Waals surface area (Å²) in [6.07, 6.45) is 0. The lowest BCUT2D eigenvalue weighted by molar-refractivity contribution is 0.0959. The fourth-order valence-corrected chi connectivity index (χ4v) is 2.51. The Labute approximate surface area is 125 Å². The number of amides is 1. The number of nitrogens with one attached hydrogen (secondary N) is 1. The maximum Gasteiger partial charge on any atom is 0.252 e. The third-order valence-corrected chi connectivity index (χ3v) is 3.34. The average Bonchev–Trinajstić information content (AvgIpc) is 2.54. The van der Waals surface area contributed by atoms with Gasteiger partial charge >= 0.3 is 0 Å². The van der Waals surface area contributed by atoms with Crippen molar-refractivity contribution in [3.05, 3.63) is 60.2 Å². The molecule has 0 fully saturated rings. The van der Waals surface area contributed by atoms with E-state index in [9.17, 15) is 4.79 Å². The predicted molar refractivity (Wildman–Crippen MR) is 90.8 cm³/mol. The second-order valence-electron chi connectivity index (χ2n) is 4.55. The predicted octanol–water partition coefficient (Wildman–Crippen LogP) is 4.77. The second-order valence-corrected chi connectivity index (χ2v) is 4.55. The van der Waals surface area contributed by atoms with Gasteiger partial charge in [0.1, 0.15) is 0 Å². The smallest absolute Gasteiger partial charge is 0.252 e. The fraction of sp³-hybridized carbons (Fsp3) is 0.211. The molecule has 0 saturated heterocycles. The van der Waals surface area contributed by atoms with Crippen molar-refractivity contribution in [3.8, 4) is 0 Å². The molecule has 0 heterocycles. The van der Waals surface area contributed by atoms with Gasteiger partial charge < -0.3 is 5.32 Å². The molecule has 0 aliphatic heterocycles. The summed E-state index contributed by atoms with van der Waals surface area (Å²) in [6, 6.07) is 18.2. The van der Waals surface area contributed by atoms with Crippen molar-refractivity contribution in [1.82, 2.24) is 5.32 Å². The Hall–Kier alpha value is -2.35. The summed E-state index contributed by atoms with van der Waals surface area (Å²) in [6.45, 7) is 6.57. The summed E-state index contributed by atoms with van der Waals surface area (Å²) in [7, 11) is 0. The number of rotatable bonds is 2. The van der Waals surface area contributed by atoms with E-state index >= 15 is 0 Å². The van der Waals surface area contributed by atoms with Crippen LogP contribution in [-0.4, -0.2) is 12.5 Å². The highest BCUT2D eigenvalue weighted by molar-refractivity contribution is 6.18. The summed E-state index contributed by atoms with van der Waals surface area (Å²) in [5, 5.41) is 7.12. The monoisotopic (exact) mass is 279 g/mol. The molecule has 2 nitrogen and oxygen atoms in total. The molecule has 3 rings (SSSR count). The zero-order valence-electron chi connectivity index (χ0n) is 12.8. The number of carbonyl (C=O) groups excluding carboxylic acids is 1. The van der Waals surface area contributed by atoms with Crippen molar-refractivity contribution >= 4 is 27.5 Å². The van der Waals surface area contributed by atoms with Gasteiger partial charge in [-0.25, -0.2) is 0 Å². The van der Waals surface area contributed by atoms with Crippen LogP contribution in [0.1, 0.15) is 31.1 Å². The molecule has 0 spiro atoms. The van der Waals surface area contributed by atoms with Crippen LogP contribution in [0.5, 0.6) is 0 Å². The molecule has 0 aliphatic rings. The number of hydrogen-bond acceptors (Lipinski definition) is 1. The first-order chi connectivity index (χ1) is 10.3. The largest absolute Gasteiger partial charge is 0.352 e. The first kappa shape index (κ1) is 15.0. The molecule has 0 aromatic heterocycles.